The number of carbonyl (C=O) groups excluding carboxylic acids is 1. The molecule has 0 saturated carbocycles. The van der Waals surface area contributed by atoms with Gasteiger partial charge in [0.15, 0.2) is 10.8 Å². The van der Waals surface area contributed by atoms with Gasteiger partial charge in [-0.25, -0.2) is 4.98 Å². The van der Waals surface area contributed by atoms with Crippen molar-refractivity contribution >= 4 is 44.2 Å². The van der Waals surface area contributed by atoms with Crippen LogP contribution in [0, 0.1) is 6.92 Å². The summed E-state index contributed by atoms with van der Waals surface area (Å²) in [5.74, 6) is -0.205. The number of benzene rings is 1. The molecule has 1 amide bonds. The molecule has 4 aromatic rings. The van der Waals surface area contributed by atoms with Crippen molar-refractivity contribution in [2.24, 2.45) is 0 Å². The lowest BCUT2D eigenvalue weighted by Crippen LogP contribution is -2.30. The molecule has 0 aliphatic heterocycles. The first kappa shape index (κ1) is 18.6. The van der Waals surface area contributed by atoms with Crippen LogP contribution < -0.4 is 4.90 Å². The van der Waals surface area contributed by atoms with E-state index in [9.17, 15) is 4.79 Å². The highest BCUT2D eigenvalue weighted by molar-refractivity contribution is 7.23. The van der Waals surface area contributed by atoms with Gasteiger partial charge in [0.2, 0.25) is 0 Å². The number of aromatic nitrogens is 4. The Balaban J connectivity index is 1.79. The van der Waals surface area contributed by atoms with Crippen molar-refractivity contribution in [3.63, 3.8) is 0 Å². The predicted molar refractivity (Wildman–Crippen MR) is 112 cm³/mol. The summed E-state index contributed by atoms with van der Waals surface area (Å²) in [7, 11) is 0. The van der Waals surface area contributed by atoms with Crippen molar-refractivity contribution < 1.29 is 4.79 Å². The van der Waals surface area contributed by atoms with Gasteiger partial charge in [0.1, 0.15) is 0 Å². The maximum absolute atomic E-state index is 13.3. The third-order valence-electron chi connectivity index (χ3n) is 4.41. The van der Waals surface area contributed by atoms with E-state index in [1.807, 2.05) is 38.1 Å². The molecule has 0 atom stereocenters. The zero-order valence-corrected chi connectivity index (χ0v) is 17.0. The van der Waals surface area contributed by atoms with Gasteiger partial charge in [-0.1, -0.05) is 35.1 Å². The maximum atomic E-state index is 13.3. The van der Waals surface area contributed by atoms with E-state index in [4.69, 9.17) is 16.6 Å². The normalized spacial score (nSPS) is 11.1. The number of hydrogen-bond acceptors (Lipinski definition) is 5. The van der Waals surface area contributed by atoms with Crippen LogP contribution in [0.1, 0.15) is 28.5 Å². The zero-order valence-electron chi connectivity index (χ0n) is 15.5. The third kappa shape index (κ3) is 3.50. The van der Waals surface area contributed by atoms with Gasteiger partial charge in [-0.15, -0.1) is 0 Å². The van der Waals surface area contributed by atoms with E-state index in [1.54, 1.807) is 34.2 Å². The predicted octanol–water partition coefficient (Wildman–Crippen LogP) is 4.72. The fraction of sp³-hybridized carbons (Fsp3) is 0.200. The molecular weight excluding hydrogens is 394 g/mol. The second-order valence-corrected chi connectivity index (χ2v) is 7.73. The van der Waals surface area contributed by atoms with Gasteiger partial charge in [-0.3, -0.25) is 19.4 Å². The molecule has 0 aliphatic carbocycles. The monoisotopic (exact) mass is 411 g/mol. The molecule has 0 radical (unpaired) electrons. The molecule has 0 N–H and O–H groups in total. The van der Waals surface area contributed by atoms with Crippen molar-refractivity contribution in [3.05, 3.63) is 70.8 Å². The van der Waals surface area contributed by atoms with Crippen LogP contribution in [-0.2, 0) is 13.1 Å². The molecule has 8 heteroatoms. The number of carbonyl (C=O) groups is 1. The first-order chi connectivity index (χ1) is 13.6. The molecule has 0 saturated heterocycles. The Labute approximate surface area is 171 Å². The van der Waals surface area contributed by atoms with E-state index in [0.717, 1.165) is 21.3 Å². The first-order valence-electron chi connectivity index (χ1n) is 8.86. The minimum atomic E-state index is -0.205. The standard InChI is InChI=1S/C20H18ClN5OS/c1-3-25-10-8-16(24-25)19(27)26(12-14-5-4-9-22-11-14)20-23-17-13(2)6-7-15(21)18(17)28-20/h4-11H,3,12H2,1-2H3. The molecule has 6 nitrogen and oxygen atoms in total. The zero-order chi connectivity index (χ0) is 19.7. The van der Waals surface area contributed by atoms with Gasteiger partial charge in [0.05, 0.1) is 21.8 Å². The van der Waals surface area contributed by atoms with Crippen LogP contribution in [0.4, 0.5) is 5.13 Å². The highest BCUT2D eigenvalue weighted by atomic mass is 35.5. The van der Waals surface area contributed by atoms with Crippen LogP contribution >= 0.6 is 22.9 Å². The molecule has 0 fully saturated rings. The summed E-state index contributed by atoms with van der Waals surface area (Å²) in [5, 5.41) is 5.59. The molecule has 142 valence electrons. The SMILES string of the molecule is CCn1ccc(C(=O)N(Cc2cccnc2)c2nc3c(C)ccc(Cl)c3s2)n1. The number of fused-ring (bicyclic) bond motifs is 1. The quantitative estimate of drug-likeness (QED) is 0.476. The van der Waals surface area contributed by atoms with E-state index in [1.165, 1.54) is 11.3 Å². The Morgan fingerprint density at radius 2 is 2.14 bits per heavy atom. The van der Waals surface area contributed by atoms with Crippen LogP contribution in [0.5, 0.6) is 0 Å². The highest BCUT2D eigenvalue weighted by Crippen LogP contribution is 2.36. The molecule has 1 aromatic carbocycles. The minimum Gasteiger partial charge on any atom is -0.278 e. The molecule has 0 bridgehead atoms. The maximum Gasteiger partial charge on any atom is 0.280 e. The number of anilines is 1. The fourth-order valence-electron chi connectivity index (χ4n) is 2.90. The lowest BCUT2D eigenvalue weighted by atomic mass is 10.2. The number of aryl methyl sites for hydroxylation is 2. The van der Waals surface area contributed by atoms with Gasteiger partial charge in [0.25, 0.3) is 5.91 Å². The summed E-state index contributed by atoms with van der Waals surface area (Å²) in [4.78, 5) is 23.8. The summed E-state index contributed by atoms with van der Waals surface area (Å²) < 4.78 is 2.61. The number of nitrogens with zero attached hydrogens (tertiary/aromatic N) is 5. The van der Waals surface area contributed by atoms with Crippen LogP contribution in [0.3, 0.4) is 0 Å². The summed E-state index contributed by atoms with van der Waals surface area (Å²) in [6, 6.07) is 9.31. The molecule has 3 aromatic heterocycles. The number of halogens is 1. The van der Waals surface area contributed by atoms with Crippen LogP contribution in [0.2, 0.25) is 5.02 Å². The number of amides is 1. The van der Waals surface area contributed by atoms with Crippen molar-refractivity contribution in [2.75, 3.05) is 4.90 Å². The van der Waals surface area contributed by atoms with E-state index in [-0.39, 0.29) is 5.91 Å². The van der Waals surface area contributed by atoms with E-state index in [0.29, 0.717) is 28.9 Å². The number of rotatable bonds is 5. The topological polar surface area (TPSA) is 63.9 Å². The van der Waals surface area contributed by atoms with Crippen LogP contribution in [-0.4, -0.2) is 25.7 Å². The Morgan fingerprint density at radius 3 is 2.82 bits per heavy atom. The lowest BCUT2D eigenvalue weighted by Gasteiger charge is -2.18. The summed E-state index contributed by atoms with van der Waals surface area (Å²) >= 11 is 7.78. The van der Waals surface area contributed by atoms with Crippen molar-refractivity contribution in [2.45, 2.75) is 26.9 Å². The first-order valence-corrected chi connectivity index (χ1v) is 10.1. The Bertz CT molecular complexity index is 1100. The van der Waals surface area contributed by atoms with Crippen molar-refractivity contribution in [1.29, 1.82) is 0 Å². The second kappa shape index (κ2) is 7.69. The molecule has 0 aliphatic rings. The highest BCUT2D eigenvalue weighted by Gasteiger charge is 2.24. The Morgan fingerprint density at radius 1 is 1.29 bits per heavy atom. The Hall–Kier alpha value is -2.77. The van der Waals surface area contributed by atoms with Crippen LogP contribution in [0.25, 0.3) is 10.2 Å². The smallest absolute Gasteiger partial charge is 0.278 e. The molecule has 28 heavy (non-hydrogen) atoms. The molecular formula is C20H18ClN5OS. The van der Waals surface area contributed by atoms with Crippen LogP contribution in [0.15, 0.2) is 48.9 Å². The van der Waals surface area contributed by atoms with Gasteiger partial charge < -0.3 is 0 Å². The summed E-state index contributed by atoms with van der Waals surface area (Å²) in [5.41, 5.74) is 3.13. The molecule has 0 unspecified atom stereocenters. The summed E-state index contributed by atoms with van der Waals surface area (Å²) in [6.07, 6.45) is 5.25. The van der Waals surface area contributed by atoms with E-state index < -0.39 is 0 Å². The Kier molecular flexibility index (Phi) is 5.11. The number of thiazole rings is 1. The number of hydrogen-bond donors (Lipinski definition) is 0. The van der Waals surface area contributed by atoms with E-state index in [2.05, 4.69) is 10.1 Å². The van der Waals surface area contributed by atoms with Crippen molar-refractivity contribution in [3.8, 4) is 0 Å². The van der Waals surface area contributed by atoms with E-state index >= 15 is 0 Å². The number of pyridine rings is 1. The largest absolute Gasteiger partial charge is 0.280 e. The minimum absolute atomic E-state index is 0.205. The second-order valence-electron chi connectivity index (χ2n) is 6.35. The average molecular weight is 412 g/mol. The molecule has 0 spiro atoms. The fourth-order valence-corrected chi connectivity index (χ4v) is 4.21. The van der Waals surface area contributed by atoms with Gasteiger partial charge in [-0.2, -0.15) is 5.10 Å². The molecule has 4 rings (SSSR count). The van der Waals surface area contributed by atoms with Crippen molar-refractivity contribution in [1.82, 2.24) is 19.7 Å². The summed E-state index contributed by atoms with van der Waals surface area (Å²) in [6.45, 7) is 5.01. The van der Waals surface area contributed by atoms with Gasteiger partial charge in [0, 0.05) is 25.1 Å². The third-order valence-corrected chi connectivity index (χ3v) is 5.95. The average Bonchev–Trinajstić information content (AvgIpc) is 3.37. The van der Waals surface area contributed by atoms with Gasteiger partial charge in [-0.05, 0) is 43.2 Å². The van der Waals surface area contributed by atoms with Gasteiger partial charge >= 0.3 is 0 Å². The lowest BCUT2D eigenvalue weighted by molar-refractivity contribution is 0.0979. The molecule has 3 heterocycles.